The second-order valence-electron chi connectivity index (χ2n) is 7.55. The molecule has 3 aromatic carbocycles. The Balaban J connectivity index is 1.79. The van der Waals surface area contributed by atoms with Crippen LogP contribution in [0.4, 0.5) is 5.69 Å². The third-order valence-corrected chi connectivity index (χ3v) is 7.66. The molecule has 0 aliphatic heterocycles. The van der Waals surface area contributed by atoms with Crippen LogP contribution in [0.25, 0.3) is 0 Å². The van der Waals surface area contributed by atoms with Crippen molar-refractivity contribution in [3.8, 4) is 11.5 Å². The van der Waals surface area contributed by atoms with E-state index in [2.05, 4.69) is 5.32 Å². The highest BCUT2D eigenvalue weighted by Gasteiger charge is 2.29. The van der Waals surface area contributed by atoms with Crippen LogP contribution in [0.15, 0.2) is 82.6 Å². The number of para-hydroxylation sites is 3. The zero-order chi connectivity index (χ0) is 25.3. The SMILES string of the molecule is CCOc1ccccc1N(CC(=O)NCCOc1ccccc1C)S(=O)(=O)c1ccc(SC)cc1. The maximum atomic E-state index is 13.6. The van der Waals surface area contributed by atoms with Crippen molar-refractivity contribution in [2.24, 2.45) is 0 Å². The minimum Gasteiger partial charge on any atom is -0.492 e. The molecule has 35 heavy (non-hydrogen) atoms. The lowest BCUT2D eigenvalue weighted by molar-refractivity contribution is -0.119. The molecule has 1 N–H and O–H groups in total. The molecule has 0 radical (unpaired) electrons. The molecule has 3 rings (SSSR count). The second kappa shape index (κ2) is 12.5. The number of carbonyl (C=O) groups is 1. The number of anilines is 1. The number of amides is 1. The summed E-state index contributed by atoms with van der Waals surface area (Å²) in [5.74, 6) is 0.675. The molecule has 0 saturated heterocycles. The average molecular weight is 515 g/mol. The molecular formula is C26H30N2O5S2. The summed E-state index contributed by atoms with van der Waals surface area (Å²) in [6, 6.07) is 21.0. The third-order valence-electron chi connectivity index (χ3n) is 5.14. The van der Waals surface area contributed by atoms with Gasteiger partial charge in [0.15, 0.2) is 0 Å². The summed E-state index contributed by atoms with van der Waals surface area (Å²) >= 11 is 1.52. The molecule has 0 aliphatic carbocycles. The van der Waals surface area contributed by atoms with Crippen molar-refractivity contribution < 1.29 is 22.7 Å². The number of thioether (sulfide) groups is 1. The van der Waals surface area contributed by atoms with Crippen LogP contribution in [0.3, 0.4) is 0 Å². The van der Waals surface area contributed by atoms with Crippen molar-refractivity contribution in [1.29, 1.82) is 0 Å². The zero-order valence-corrected chi connectivity index (χ0v) is 21.7. The molecule has 0 spiro atoms. The van der Waals surface area contributed by atoms with Crippen molar-refractivity contribution in [2.45, 2.75) is 23.6 Å². The molecule has 186 valence electrons. The van der Waals surface area contributed by atoms with Gasteiger partial charge in [-0.05, 0) is 68.1 Å². The summed E-state index contributed by atoms with van der Waals surface area (Å²) in [5, 5.41) is 2.75. The van der Waals surface area contributed by atoms with Gasteiger partial charge in [-0.25, -0.2) is 8.42 Å². The van der Waals surface area contributed by atoms with E-state index in [1.165, 1.54) is 11.8 Å². The second-order valence-corrected chi connectivity index (χ2v) is 10.3. The molecule has 0 bridgehead atoms. The molecule has 0 unspecified atom stereocenters. The predicted octanol–water partition coefficient (Wildman–Crippen LogP) is 4.51. The minimum atomic E-state index is -4.04. The van der Waals surface area contributed by atoms with Crippen molar-refractivity contribution in [2.75, 3.05) is 36.9 Å². The summed E-state index contributed by atoms with van der Waals surface area (Å²) in [6.07, 6.45) is 1.92. The predicted molar refractivity (Wildman–Crippen MR) is 140 cm³/mol. The Kier molecular flexibility index (Phi) is 9.45. The molecule has 0 atom stereocenters. The van der Waals surface area contributed by atoms with E-state index in [-0.39, 0.29) is 18.0 Å². The first kappa shape index (κ1) is 26.4. The van der Waals surface area contributed by atoms with Gasteiger partial charge in [0.25, 0.3) is 10.0 Å². The quantitative estimate of drug-likeness (QED) is 0.283. The van der Waals surface area contributed by atoms with E-state index in [0.29, 0.717) is 18.0 Å². The minimum absolute atomic E-state index is 0.0947. The topological polar surface area (TPSA) is 84.9 Å². The fraction of sp³-hybridized carbons (Fsp3) is 0.269. The summed E-state index contributed by atoms with van der Waals surface area (Å²) in [6.45, 7) is 4.21. The molecule has 0 fully saturated rings. The number of ether oxygens (including phenoxy) is 2. The monoisotopic (exact) mass is 514 g/mol. The van der Waals surface area contributed by atoms with E-state index in [0.717, 1.165) is 20.5 Å². The van der Waals surface area contributed by atoms with E-state index in [1.54, 1.807) is 48.5 Å². The summed E-state index contributed by atoms with van der Waals surface area (Å²) in [4.78, 5) is 13.9. The van der Waals surface area contributed by atoms with E-state index < -0.39 is 22.5 Å². The summed E-state index contributed by atoms with van der Waals surface area (Å²) in [5.41, 5.74) is 1.30. The Morgan fingerprint density at radius 2 is 1.60 bits per heavy atom. The van der Waals surface area contributed by atoms with Gasteiger partial charge >= 0.3 is 0 Å². The van der Waals surface area contributed by atoms with Gasteiger partial charge in [-0.3, -0.25) is 9.10 Å². The van der Waals surface area contributed by atoms with Gasteiger partial charge < -0.3 is 14.8 Å². The first-order chi connectivity index (χ1) is 16.9. The number of hydrogen-bond acceptors (Lipinski definition) is 6. The van der Waals surface area contributed by atoms with Crippen LogP contribution in [-0.4, -0.2) is 46.9 Å². The fourth-order valence-corrected chi connectivity index (χ4v) is 5.21. The highest BCUT2D eigenvalue weighted by molar-refractivity contribution is 7.98. The number of benzene rings is 3. The van der Waals surface area contributed by atoms with Crippen molar-refractivity contribution >= 4 is 33.4 Å². The van der Waals surface area contributed by atoms with Crippen LogP contribution in [0.5, 0.6) is 11.5 Å². The van der Waals surface area contributed by atoms with Gasteiger partial charge in [-0.2, -0.15) is 0 Å². The number of nitrogens with one attached hydrogen (secondary N) is 1. The van der Waals surface area contributed by atoms with Crippen LogP contribution in [-0.2, 0) is 14.8 Å². The van der Waals surface area contributed by atoms with Gasteiger partial charge in [-0.1, -0.05) is 30.3 Å². The van der Waals surface area contributed by atoms with E-state index >= 15 is 0 Å². The van der Waals surface area contributed by atoms with Crippen LogP contribution >= 0.6 is 11.8 Å². The average Bonchev–Trinajstić information content (AvgIpc) is 2.87. The van der Waals surface area contributed by atoms with Gasteiger partial charge in [0.2, 0.25) is 5.91 Å². The van der Waals surface area contributed by atoms with Crippen LogP contribution in [0.1, 0.15) is 12.5 Å². The number of rotatable bonds is 12. The summed E-state index contributed by atoms with van der Waals surface area (Å²) < 4.78 is 39.7. The molecule has 0 heterocycles. The lowest BCUT2D eigenvalue weighted by Crippen LogP contribution is -2.42. The van der Waals surface area contributed by atoms with Crippen molar-refractivity contribution in [1.82, 2.24) is 5.32 Å². The lowest BCUT2D eigenvalue weighted by atomic mass is 10.2. The van der Waals surface area contributed by atoms with Gasteiger partial charge in [-0.15, -0.1) is 11.8 Å². The number of aryl methyl sites for hydroxylation is 1. The maximum Gasteiger partial charge on any atom is 0.264 e. The number of sulfonamides is 1. The lowest BCUT2D eigenvalue weighted by Gasteiger charge is -2.26. The molecule has 3 aromatic rings. The van der Waals surface area contributed by atoms with Crippen molar-refractivity contribution in [3.63, 3.8) is 0 Å². The standard InChI is InChI=1S/C26H30N2O5S2/c1-4-32-25-12-8-6-10-23(25)28(35(30,31)22-15-13-21(34-3)14-16-22)19-26(29)27-17-18-33-24-11-7-5-9-20(24)2/h5-16H,4,17-19H2,1-3H3,(H,27,29). The maximum absolute atomic E-state index is 13.6. The van der Waals surface area contributed by atoms with Crippen LogP contribution in [0, 0.1) is 6.92 Å². The van der Waals surface area contributed by atoms with E-state index in [1.807, 2.05) is 44.4 Å². The smallest absolute Gasteiger partial charge is 0.264 e. The summed E-state index contributed by atoms with van der Waals surface area (Å²) in [7, 11) is -4.04. The molecule has 0 aromatic heterocycles. The Hall–Kier alpha value is -3.17. The Morgan fingerprint density at radius 1 is 0.943 bits per heavy atom. The normalized spacial score (nSPS) is 11.1. The van der Waals surface area contributed by atoms with Crippen LogP contribution < -0.4 is 19.1 Å². The fourth-order valence-electron chi connectivity index (χ4n) is 3.37. The highest BCUT2D eigenvalue weighted by atomic mass is 32.2. The van der Waals surface area contributed by atoms with Crippen LogP contribution in [0.2, 0.25) is 0 Å². The van der Waals surface area contributed by atoms with Gasteiger partial charge in [0.05, 0.1) is 23.7 Å². The Bertz CT molecular complexity index is 1230. The molecule has 0 saturated carbocycles. The molecule has 0 aliphatic rings. The number of hydrogen-bond donors (Lipinski definition) is 1. The van der Waals surface area contributed by atoms with E-state index in [4.69, 9.17) is 9.47 Å². The Morgan fingerprint density at radius 3 is 2.26 bits per heavy atom. The molecule has 7 nitrogen and oxygen atoms in total. The molecule has 1 amide bonds. The van der Waals surface area contributed by atoms with Gasteiger partial charge in [0, 0.05) is 4.90 Å². The first-order valence-electron chi connectivity index (χ1n) is 11.2. The first-order valence-corrected chi connectivity index (χ1v) is 13.9. The third kappa shape index (κ3) is 6.93. The zero-order valence-electron chi connectivity index (χ0n) is 20.1. The Labute approximate surface area is 211 Å². The number of nitrogens with zero attached hydrogens (tertiary/aromatic N) is 1. The van der Waals surface area contributed by atoms with E-state index in [9.17, 15) is 13.2 Å². The molecule has 9 heteroatoms. The van der Waals surface area contributed by atoms with Crippen molar-refractivity contribution in [3.05, 3.63) is 78.4 Å². The highest BCUT2D eigenvalue weighted by Crippen LogP contribution is 2.32. The largest absolute Gasteiger partial charge is 0.492 e. The van der Waals surface area contributed by atoms with Gasteiger partial charge in [0.1, 0.15) is 24.7 Å². The number of carbonyl (C=O) groups excluding carboxylic acids is 1. The molecular weight excluding hydrogens is 484 g/mol.